The molecule has 0 saturated carbocycles. The fraction of sp³-hybridized carbons (Fsp3) is 0.500. The number of piperidine rings is 1. The molecule has 152 valence electrons. The van der Waals surface area contributed by atoms with E-state index < -0.39 is 5.97 Å². The molecule has 1 aromatic carbocycles. The Hall–Kier alpha value is -2.05. The largest absolute Gasteiger partial charge is 0.490 e. The van der Waals surface area contributed by atoms with E-state index >= 15 is 0 Å². The fourth-order valence-electron chi connectivity index (χ4n) is 3.83. The van der Waals surface area contributed by atoms with Gasteiger partial charge in [-0.3, -0.25) is 9.69 Å². The summed E-state index contributed by atoms with van der Waals surface area (Å²) in [5.41, 5.74) is 2.34. The number of hydrogen-bond acceptors (Lipinski definition) is 5. The molecular weight excluding hydrogens is 374 g/mol. The topological polar surface area (TPSA) is 59.0 Å². The molecule has 2 atom stereocenters. The zero-order valence-corrected chi connectivity index (χ0v) is 17.6. The maximum atomic E-state index is 11.6. The van der Waals surface area contributed by atoms with Crippen molar-refractivity contribution in [1.82, 2.24) is 4.90 Å². The molecule has 1 N–H and O–H groups in total. The van der Waals surface area contributed by atoms with E-state index in [2.05, 4.69) is 35.4 Å². The minimum Gasteiger partial charge on any atom is -0.490 e. The van der Waals surface area contributed by atoms with Gasteiger partial charge in [-0.15, -0.1) is 11.3 Å². The summed E-state index contributed by atoms with van der Waals surface area (Å²) in [6, 6.07) is 8.33. The third kappa shape index (κ3) is 4.67. The number of aryl methyl sites for hydroxylation is 1. The highest BCUT2D eigenvalue weighted by atomic mass is 32.1. The lowest BCUT2D eigenvalue weighted by atomic mass is 9.94. The molecule has 1 saturated heterocycles. The van der Waals surface area contributed by atoms with Gasteiger partial charge in [0.05, 0.1) is 25.2 Å². The quantitative estimate of drug-likeness (QED) is 0.690. The molecule has 3 rings (SSSR count). The summed E-state index contributed by atoms with van der Waals surface area (Å²) in [5.74, 6) is 0.474. The van der Waals surface area contributed by atoms with Gasteiger partial charge in [0.15, 0.2) is 11.5 Å². The number of carboxylic acid groups (broad SMARTS) is 1. The van der Waals surface area contributed by atoms with Crippen molar-refractivity contribution in [2.75, 3.05) is 26.3 Å². The van der Waals surface area contributed by atoms with Crippen LogP contribution in [0.15, 0.2) is 29.6 Å². The van der Waals surface area contributed by atoms with Crippen molar-refractivity contribution in [3.05, 3.63) is 45.6 Å². The first-order chi connectivity index (χ1) is 13.5. The Morgan fingerprint density at radius 3 is 2.64 bits per heavy atom. The van der Waals surface area contributed by atoms with Crippen molar-refractivity contribution >= 4 is 17.3 Å². The number of likely N-dealkylation sites (tertiary alicyclic amines) is 1. The van der Waals surface area contributed by atoms with Gasteiger partial charge in [0, 0.05) is 11.4 Å². The predicted molar refractivity (Wildman–Crippen MR) is 112 cm³/mol. The Labute approximate surface area is 170 Å². The van der Waals surface area contributed by atoms with Crippen LogP contribution in [-0.4, -0.2) is 42.3 Å². The first kappa shape index (κ1) is 20.7. The van der Waals surface area contributed by atoms with Gasteiger partial charge in [0.2, 0.25) is 0 Å². The number of rotatable bonds is 8. The highest BCUT2D eigenvalue weighted by Gasteiger charge is 2.32. The molecule has 28 heavy (non-hydrogen) atoms. The van der Waals surface area contributed by atoms with Crippen molar-refractivity contribution in [2.24, 2.45) is 5.92 Å². The van der Waals surface area contributed by atoms with Crippen molar-refractivity contribution < 1.29 is 19.4 Å². The van der Waals surface area contributed by atoms with E-state index in [9.17, 15) is 9.90 Å². The van der Waals surface area contributed by atoms with Gasteiger partial charge in [-0.05, 0) is 74.9 Å². The van der Waals surface area contributed by atoms with Gasteiger partial charge in [0.1, 0.15) is 0 Å². The smallest absolute Gasteiger partial charge is 0.307 e. The Kier molecular flexibility index (Phi) is 6.97. The van der Waals surface area contributed by atoms with Gasteiger partial charge >= 0.3 is 5.97 Å². The fourth-order valence-corrected chi connectivity index (χ4v) is 4.89. The second-order valence-electron chi connectivity index (χ2n) is 7.17. The highest BCUT2D eigenvalue weighted by Crippen LogP contribution is 2.39. The summed E-state index contributed by atoms with van der Waals surface area (Å²) in [5, 5.41) is 11.7. The lowest BCUT2D eigenvalue weighted by Crippen LogP contribution is -2.41. The maximum absolute atomic E-state index is 11.6. The van der Waals surface area contributed by atoms with Gasteiger partial charge in [0.25, 0.3) is 0 Å². The molecule has 0 bridgehead atoms. The van der Waals surface area contributed by atoms with Gasteiger partial charge in [-0.1, -0.05) is 6.07 Å². The van der Waals surface area contributed by atoms with E-state index in [0.717, 1.165) is 36.4 Å². The molecule has 2 heterocycles. The number of nitrogens with zero attached hydrogens (tertiary/aromatic N) is 1. The monoisotopic (exact) mass is 403 g/mol. The third-order valence-electron chi connectivity index (χ3n) is 5.07. The van der Waals surface area contributed by atoms with Crippen LogP contribution in [0.3, 0.4) is 0 Å². The molecule has 0 spiro atoms. The molecule has 0 radical (unpaired) electrons. The second kappa shape index (κ2) is 9.43. The van der Waals surface area contributed by atoms with Crippen LogP contribution in [0, 0.1) is 12.8 Å². The number of benzene rings is 1. The lowest BCUT2D eigenvalue weighted by molar-refractivity contribution is -0.143. The number of carbonyl (C=O) groups is 1. The molecule has 6 heteroatoms. The van der Waals surface area contributed by atoms with Crippen LogP contribution < -0.4 is 9.47 Å². The van der Waals surface area contributed by atoms with E-state index in [1.807, 2.05) is 19.9 Å². The first-order valence-electron chi connectivity index (χ1n) is 9.94. The molecule has 2 unspecified atom stereocenters. The Morgan fingerprint density at radius 2 is 2.00 bits per heavy atom. The Morgan fingerprint density at radius 1 is 1.25 bits per heavy atom. The predicted octanol–water partition coefficient (Wildman–Crippen LogP) is 4.74. The van der Waals surface area contributed by atoms with Crippen LogP contribution in [0.25, 0.3) is 0 Å². The van der Waals surface area contributed by atoms with Crippen LogP contribution in [0.5, 0.6) is 11.5 Å². The maximum Gasteiger partial charge on any atom is 0.307 e. The van der Waals surface area contributed by atoms with E-state index in [4.69, 9.17) is 9.47 Å². The summed E-state index contributed by atoms with van der Waals surface area (Å²) in [6.45, 7) is 8.62. The molecule has 0 amide bonds. The van der Waals surface area contributed by atoms with E-state index in [-0.39, 0.29) is 12.0 Å². The number of aliphatic carboxylic acids is 1. The molecule has 1 aliphatic rings. The Bertz CT molecular complexity index is 804. The van der Waals surface area contributed by atoms with Crippen molar-refractivity contribution in [3.8, 4) is 11.5 Å². The molecule has 1 aromatic heterocycles. The molecule has 1 fully saturated rings. The van der Waals surface area contributed by atoms with Gasteiger partial charge in [-0.25, -0.2) is 0 Å². The molecule has 1 aliphatic heterocycles. The molecule has 2 aromatic rings. The van der Waals surface area contributed by atoms with E-state index in [1.165, 1.54) is 10.4 Å². The van der Waals surface area contributed by atoms with Crippen molar-refractivity contribution in [3.63, 3.8) is 0 Å². The van der Waals surface area contributed by atoms with Gasteiger partial charge in [-0.2, -0.15) is 0 Å². The highest BCUT2D eigenvalue weighted by molar-refractivity contribution is 7.10. The number of ether oxygens (including phenoxy) is 2. The average molecular weight is 404 g/mol. The van der Waals surface area contributed by atoms with Crippen LogP contribution in [0.4, 0.5) is 0 Å². The zero-order chi connectivity index (χ0) is 20.1. The lowest BCUT2D eigenvalue weighted by Gasteiger charge is -2.37. The van der Waals surface area contributed by atoms with Crippen LogP contribution in [0.2, 0.25) is 0 Å². The summed E-state index contributed by atoms with van der Waals surface area (Å²) >= 11 is 1.73. The summed E-state index contributed by atoms with van der Waals surface area (Å²) in [6.07, 6.45) is 1.64. The number of hydrogen-bond donors (Lipinski definition) is 1. The van der Waals surface area contributed by atoms with Gasteiger partial charge < -0.3 is 14.6 Å². The number of carboxylic acids is 1. The van der Waals surface area contributed by atoms with Crippen LogP contribution in [0.1, 0.15) is 48.7 Å². The van der Waals surface area contributed by atoms with E-state index in [1.54, 1.807) is 11.3 Å². The molecule has 5 nitrogen and oxygen atoms in total. The standard InChI is InChI=1S/C22H29NO4S/c1-4-26-18-9-8-16(12-19(18)27-5-2)21(20-11-15(3)14-28-20)23-10-6-7-17(13-23)22(24)25/h8-9,11-12,14,17,21H,4-7,10,13H2,1-3H3,(H,24,25). The second-order valence-corrected chi connectivity index (χ2v) is 8.12. The SMILES string of the molecule is CCOc1ccc(C(c2cc(C)cs2)N2CCCC(C(=O)O)C2)cc1OCC. The van der Waals surface area contributed by atoms with Crippen molar-refractivity contribution in [1.29, 1.82) is 0 Å². The molecular formula is C22H29NO4S. The third-order valence-corrected chi connectivity index (χ3v) is 6.17. The van der Waals surface area contributed by atoms with Crippen LogP contribution >= 0.6 is 11.3 Å². The zero-order valence-electron chi connectivity index (χ0n) is 16.8. The first-order valence-corrected chi connectivity index (χ1v) is 10.8. The average Bonchev–Trinajstić information content (AvgIpc) is 3.10. The number of thiophene rings is 1. The Balaban J connectivity index is 1.99. The summed E-state index contributed by atoms with van der Waals surface area (Å²) in [4.78, 5) is 15.1. The van der Waals surface area contributed by atoms with Crippen molar-refractivity contribution in [2.45, 2.75) is 39.7 Å². The van der Waals surface area contributed by atoms with Crippen LogP contribution in [-0.2, 0) is 4.79 Å². The van der Waals surface area contributed by atoms with E-state index in [0.29, 0.717) is 19.8 Å². The minimum absolute atomic E-state index is 0.0238. The summed E-state index contributed by atoms with van der Waals surface area (Å²) in [7, 11) is 0. The normalized spacial score (nSPS) is 18.6. The minimum atomic E-state index is -0.701. The molecule has 0 aliphatic carbocycles. The summed E-state index contributed by atoms with van der Waals surface area (Å²) < 4.78 is 11.5.